The molecule has 0 saturated heterocycles. The van der Waals surface area contributed by atoms with E-state index in [2.05, 4.69) is 12.2 Å². The number of rotatable bonds is 13. The second kappa shape index (κ2) is 15.0. The van der Waals surface area contributed by atoms with Crippen LogP contribution in [0.2, 0.25) is 10.0 Å². The lowest BCUT2D eigenvalue weighted by molar-refractivity contribution is -0.139. The Morgan fingerprint density at radius 3 is 2.27 bits per heavy atom. The molecule has 1 atom stereocenters. The van der Waals surface area contributed by atoms with Crippen molar-refractivity contribution >= 4 is 46.8 Å². The Kier molecular flexibility index (Phi) is 11.8. The molecule has 0 heterocycles. The molecular formula is C29H31Cl2FN2O2S. The van der Waals surface area contributed by atoms with Gasteiger partial charge < -0.3 is 10.2 Å². The molecule has 0 aliphatic carbocycles. The zero-order valence-electron chi connectivity index (χ0n) is 20.8. The molecule has 1 N–H and O–H groups in total. The van der Waals surface area contributed by atoms with Crippen LogP contribution in [0.1, 0.15) is 36.5 Å². The number of thioether (sulfide) groups is 1. The highest BCUT2D eigenvalue weighted by Crippen LogP contribution is 2.28. The summed E-state index contributed by atoms with van der Waals surface area (Å²) in [7, 11) is 0. The molecule has 3 rings (SSSR count). The summed E-state index contributed by atoms with van der Waals surface area (Å²) in [6.45, 7) is 2.78. The third kappa shape index (κ3) is 9.06. The first-order valence-electron chi connectivity index (χ1n) is 12.2. The van der Waals surface area contributed by atoms with E-state index in [1.54, 1.807) is 35.2 Å². The van der Waals surface area contributed by atoms with Gasteiger partial charge in [0, 0.05) is 35.3 Å². The fourth-order valence-electron chi connectivity index (χ4n) is 3.84. The van der Waals surface area contributed by atoms with E-state index in [0.29, 0.717) is 28.8 Å². The molecule has 0 aromatic heterocycles. The van der Waals surface area contributed by atoms with Crippen molar-refractivity contribution in [3.63, 3.8) is 0 Å². The Balaban J connectivity index is 1.84. The Labute approximate surface area is 232 Å². The predicted molar refractivity (Wildman–Crippen MR) is 151 cm³/mol. The van der Waals surface area contributed by atoms with Crippen molar-refractivity contribution in [2.75, 3.05) is 12.3 Å². The van der Waals surface area contributed by atoms with E-state index in [4.69, 9.17) is 23.2 Å². The van der Waals surface area contributed by atoms with Gasteiger partial charge in [0.15, 0.2) is 0 Å². The van der Waals surface area contributed by atoms with Crippen LogP contribution in [0.25, 0.3) is 0 Å². The van der Waals surface area contributed by atoms with E-state index in [1.165, 1.54) is 23.9 Å². The topological polar surface area (TPSA) is 49.4 Å². The molecule has 8 heteroatoms. The van der Waals surface area contributed by atoms with Gasteiger partial charge in [-0.25, -0.2) is 4.39 Å². The fraction of sp³-hybridized carbons (Fsp3) is 0.310. The standard InChI is InChI=1S/C29H31Cl2FN2O2S/c1-2-3-16-33-29(36)27(17-21-8-5-4-6-9-21)34(18-22-12-14-23(32)15-13-22)28(35)20-37-19-24-25(30)10-7-11-26(24)31/h4-15,27H,2-3,16-20H2,1H3,(H,33,36)/t27-/m0/s1. The van der Waals surface area contributed by atoms with Gasteiger partial charge in [-0.15, -0.1) is 11.8 Å². The van der Waals surface area contributed by atoms with E-state index in [0.717, 1.165) is 29.5 Å². The number of unbranched alkanes of at least 4 members (excludes halogenated alkanes) is 1. The third-order valence-electron chi connectivity index (χ3n) is 5.90. The molecule has 3 aromatic carbocycles. The minimum absolute atomic E-state index is 0.135. The van der Waals surface area contributed by atoms with Crippen LogP contribution in [-0.4, -0.2) is 35.1 Å². The van der Waals surface area contributed by atoms with Crippen LogP contribution in [0.5, 0.6) is 0 Å². The monoisotopic (exact) mass is 560 g/mol. The number of hydrogen-bond acceptors (Lipinski definition) is 3. The Bertz CT molecular complexity index is 1140. The maximum absolute atomic E-state index is 13.6. The third-order valence-corrected chi connectivity index (χ3v) is 7.55. The first-order valence-corrected chi connectivity index (χ1v) is 14.2. The minimum atomic E-state index is -0.721. The van der Waals surface area contributed by atoms with Gasteiger partial charge in [0.05, 0.1) is 5.75 Å². The highest BCUT2D eigenvalue weighted by molar-refractivity contribution is 7.99. The summed E-state index contributed by atoms with van der Waals surface area (Å²) in [6, 6.07) is 20.2. The van der Waals surface area contributed by atoms with Crippen molar-refractivity contribution in [1.82, 2.24) is 10.2 Å². The molecule has 0 aliphatic heterocycles. The summed E-state index contributed by atoms with van der Waals surface area (Å²) < 4.78 is 13.6. The molecule has 0 saturated carbocycles. The highest BCUT2D eigenvalue weighted by Gasteiger charge is 2.30. The Morgan fingerprint density at radius 2 is 1.62 bits per heavy atom. The molecule has 0 radical (unpaired) electrons. The van der Waals surface area contributed by atoms with Crippen LogP contribution in [0, 0.1) is 5.82 Å². The number of nitrogens with one attached hydrogen (secondary N) is 1. The number of amides is 2. The molecule has 0 spiro atoms. The normalized spacial score (nSPS) is 11.7. The molecule has 196 valence electrons. The van der Waals surface area contributed by atoms with Gasteiger partial charge in [-0.1, -0.05) is 85.1 Å². The number of benzene rings is 3. The first kappa shape index (κ1) is 29.0. The summed E-state index contributed by atoms with van der Waals surface area (Å²) in [5, 5.41) is 4.09. The number of carbonyl (C=O) groups excluding carboxylic acids is 2. The largest absolute Gasteiger partial charge is 0.354 e. The van der Waals surface area contributed by atoms with Crippen molar-refractivity contribution in [2.45, 2.75) is 44.5 Å². The van der Waals surface area contributed by atoms with Crippen molar-refractivity contribution in [3.05, 3.63) is 105 Å². The summed E-state index contributed by atoms with van der Waals surface area (Å²) in [6.07, 6.45) is 2.17. The lowest BCUT2D eigenvalue weighted by Gasteiger charge is -2.31. The minimum Gasteiger partial charge on any atom is -0.354 e. The van der Waals surface area contributed by atoms with Crippen molar-refractivity contribution in [3.8, 4) is 0 Å². The Hall–Kier alpha value is -2.54. The van der Waals surface area contributed by atoms with Crippen molar-refractivity contribution in [1.29, 1.82) is 0 Å². The summed E-state index contributed by atoms with van der Waals surface area (Å²) >= 11 is 14.0. The molecule has 0 bridgehead atoms. The van der Waals surface area contributed by atoms with Crippen LogP contribution in [0.15, 0.2) is 72.8 Å². The van der Waals surface area contributed by atoms with E-state index in [9.17, 15) is 14.0 Å². The van der Waals surface area contributed by atoms with Crippen molar-refractivity contribution in [2.24, 2.45) is 0 Å². The van der Waals surface area contributed by atoms with E-state index in [1.807, 2.05) is 30.3 Å². The maximum Gasteiger partial charge on any atom is 0.243 e. The van der Waals surface area contributed by atoms with Crippen LogP contribution in [0.4, 0.5) is 4.39 Å². The lowest BCUT2D eigenvalue weighted by atomic mass is 10.0. The van der Waals surface area contributed by atoms with Gasteiger partial charge in [-0.3, -0.25) is 9.59 Å². The number of nitrogens with zero attached hydrogens (tertiary/aromatic N) is 1. The summed E-state index contributed by atoms with van der Waals surface area (Å²) in [5.41, 5.74) is 2.46. The van der Waals surface area contributed by atoms with E-state index < -0.39 is 6.04 Å². The average Bonchev–Trinajstić information content (AvgIpc) is 2.89. The maximum atomic E-state index is 13.6. The van der Waals surface area contributed by atoms with Crippen LogP contribution in [0.3, 0.4) is 0 Å². The second-order valence-corrected chi connectivity index (χ2v) is 10.5. The van der Waals surface area contributed by atoms with E-state index in [-0.39, 0.29) is 29.9 Å². The molecule has 0 aliphatic rings. The molecule has 0 fully saturated rings. The zero-order valence-corrected chi connectivity index (χ0v) is 23.1. The lowest BCUT2D eigenvalue weighted by Crippen LogP contribution is -2.51. The molecule has 3 aromatic rings. The number of halogens is 3. The fourth-order valence-corrected chi connectivity index (χ4v) is 5.49. The van der Waals surface area contributed by atoms with E-state index >= 15 is 0 Å². The first-order chi connectivity index (χ1) is 17.9. The molecule has 0 unspecified atom stereocenters. The second-order valence-electron chi connectivity index (χ2n) is 8.69. The van der Waals surface area contributed by atoms with Gasteiger partial charge in [0.1, 0.15) is 11.9 Å². The molecule has 4 nitrogen and oxygen atoms in total. The smallest absolute Gasteiger partial charge is 0.243 e. The molecule has 37 heavy (non-hydrogen) atoms. The number of hydrogen-bond donors (Lipinski definition) is 1. The average molecular weight is 562 g/mol. The van der Waals surface area contributed by atoms with Gasteiger partial charge in [0.25, 0.3) is 0 Å². The summed E-state index contributed by atoms with van der Waals surface area (Å²) in [5.74, 6) is -0.153. The quantitative estimate of drug-likeness (QED) is 0.231. The predicted octanol–water partition coefficient (Wildman–Crippen LogP) is 6.92. The van der Waals surface area contributed by atoms with Gasteiger partial charge in [-0.2, -0.15) is 0 Å². The van der Waals surface area contributed by atoms with Gasteiger partial charge in [0.2, 0.25) is 11.8 Å². The SMILES string of the molecule is CCCCNC(=O)[C@H](Cc1ccccc1)N(Cc1ccc(F)cc1)C(=O)CSCc1c(Cl)cccc1Cl. The van der Waals surface area contributed by atoms with Crippen molar-refractivity contribution < 1.29 is 14.0 Å². The zero-order chi connectivity index (χ0) is 26.6. The summed E-state index contributed by atoms with van der Waals surface area (Å²) in [4.78, 5) is 28.6. The van der Waals surface area contributed by atoms with Crippen LogP contribution >= 0.6 is 35.0 Å². The van der Waals surface area contributed by atoms with Crippen LogP contribution in [-0.2, 0) is 28.3 Å². The molecular weight excluding hydrogens is 530 g/mol. The Morgan fingerprint density at radius 1 is 0.946 bits per heavy atom. The highest BCUT2D eigenvalue weighted by atomic mass is 35.5. The van der Waals surface area contributed by atoms with Gasteiger partial charge in [-0.05, 0) is 47.4 Å². The van der Waals surface area contributed by atoms with Crippen LogP contribution < -0.4 is 5.32 Å². The van der Waals surface area contributed by atoms with Gasteiger partial charge >= 0.3 is 0 Å². The number of carbonyl (C=O) groups is 2. The molecule has 2 amide bonds.